The van der Waals surface area contributed by atoms with Crippen LogP contribution in [0.25, 0.3) is 0 Å². The first-order chi connectivity index (χ1) is 9.97. The Morgan fingerprint density at radius 3 is 2.67 bits per heavy atom. The number of amides is 2. The molecule has 0 radical (unpaired) electrons. The minimum absolute atomic E-state index is 0.137. The minimum Gasteiger partial charge on any atom is -0.343 e. The largest absolute Gasteiger partial charge is 0.343 e. The normalized spacial score (nSPS) is 18.4. The fourth-order valence-corrected chi connectivity index (χ4v) is 2.61. The second-order valence-electron chi connectivity index (χ2n) is 5.77. The molecule has 1 fully saturated rings. The Labute approximate surface area is 125 Å². The van der Waals surface area contributed by atoms with E-state index in [0.717, 1.165) is 38.0 Å². The van der Waals surface area contributed by atoms with E-state index in [9.17, 15) is 9.59 Å². The topological polar surface area (TPSA) is 66.4 Å². The van der Waals surface area contributed by atoms with E-state index in [1.165, 1.54) is 11.1 Å². The summed E-state index contributed by atoms with van der Waals surface area (Å²) in [4.78, 5) is 35.1. The van der Waals surface area contributed by atoms with Crippen molar-refractivity contribution in [3.63, 3.8) is 0 Å². The maximum Gasteiger partial charge on any atom is 0.273 e. The van der Waals surface area contributed by atoms with Crippen LogP contribution in [0.3, 0.4) is 0 Å². The van der Waals surface area contributed by atoms with Crippen LogP contribution >= 0.6 is 0 Å². The molecule has 0 bridgehead atoms. The van der Waals surface area contributed by atoms with Gasteiger partial charge in [-0.2, -0.15) is 0 Å². The number of likely N-dealkylation sites (tertiary alicyclic amines) is 1. The highest BCUT2D eigenvalue weighted by molar-refractivity contribution is 5.91. The van der Waals surface area contributed by atoms with Gasteiger partial charge in [-0.25, -0.2) is 4.98 Å². The van der Waals surface area contributed by atoms with E-state index in [0.29, 0.717) is 11.6 Å². The Morgan fingerprint density at radius 2 is 2.10 bits per heavy atom. The van der Waals surface area contributed by atoms with Gasteiger partial charge in [-0.05, 0) is 25.2 Å². The van der Waals surface area contributed by atoms with Crippen LogP contribution < -0.4 is 0 Å². The maximum atomic E-state index is 11.7. The highest BCUT2D eigenvalue weighted by atomic mass is 16.2. The zero-order valence-corrected chi connectivity index (χ0v) is 12.9. The molecule has 1 aliphatic rings. The van der Waals surface area contributed by atoms with Crippen LogP contribution in [0.1, 0.15) is 35.9 Å². The van der Waals surface area contributed by atoms with Gasteiger partial charge in [0.2, 0.25) is 5.91 Å². The molecule has 6 heteroatoms. The molecular weight excluding hydrogens is 268 g/mol. The quantitative estimate of drug-likeness (QED) is 0.832. The minimum atomic E-state index is -0.144. The molecule has 1 atom stereocenters. The lowest BCUT2D eigenvalue weighted by Crippen LogP contribution is -2.39. The Morgan fingerprint density at radius 1 is 1.33 bits per heavy atom. The zero-order valence-electron chi connectivity index (χ0n) is 12.9. The second kappa shape index (κ2) is 6.65. The van der Waals surface area contributed by atoms with E-state index in [1.54, 1.807) is 27.2 Å². The van der Waals surface area contributed by atoms with Gasteiger partial charge >= 0.3 is 0 Å². The molecule has 1 aliphatic heterocycles. The Kier molecular flexibility index (Phi) is 4.88. The van der Waals surface area contributed by atoms with Crippen molar-refractivity contribution >= 4 is 11.8 Å². The van der Waals surface area contributed by atoms with Crippen molar-refractivity contribution in [2.24, 2.45) is 5.92 Å². The molecule has 0 aromatic carbocycles. The van der Waals surface area contributed by atoms with Crippen LogP contribution in [0.2, 0.25) is 0 Å². The summed E-state index contributed by atoms with van der Waals surface area (Å²) in [6, 6.07) is 0. The van der Waals surface area contributed by atoms with Gasteiger partial charge in [0.25, 0.3) is 5.91 Å². The smallest absolute Gasteiger partial charge is 0.273 e. The van der Waals surface area contributed by atoms with E-state index in [4.69, 9.17) is 0 Å². The van der Waals surface area contributed by atoms with Crippen molar-refractivity contribution in [3.05, 3.63) is 23.8 Å². The number of piperidine rings is 1. The van der Waals surface area contributed by atoms with Crippen LogP contribution in [-0.4, -0.2) is 58.8 Å². The van der Waals surface area contributed by atoms with E-state index < -0.39 is 0 Å². The van der Waals surface area contributed by atoms with Crippen molar-refractivity contribution in [2.75, 3.05) is 27.2 Å². The van der Waals surface area contributed by atoms with Gasteiger partial charge in [0.15, 0.2) is 0 Å². The highest BCUT2D eigenvalue weighted by Gasteiger charge is 2.22. The van der Waals surface area contributed by atoms with Gasteiger partial charge in [-0.1, -0.05) is 0 Å². The molecule has 0 spiro atoms. The lowest BCUT2D eigenvalue weighted by Gasteiger charge is -2.31. The molecule has 6 nitrogen and oxygen atoms in total. The van der Waals surface area contributed by atoms with Crippen molar-refractivity contribution in [2.45, 2.75) is 26.2 Å². The van der Waals surface area contributed by atoms with Gasteiger partial charge in [-0.15, -0.1) is 0 Å². The fourth-order valence-electron chi connectivity index (χ4n) is 2.61. The number of hydrogen-bond donors (Lipinski definition) is 0. The van der Waals surface area contributed by atoms with Crippen molar-refractivity contribution < 1.29 is 9.59 Å². The van der Waals surface area contributed by atoms with Crippen LogP contribution in [0.5, 0.6) is 0 Å². The molecule has 0 N–H and O–H groups in total. The Bertz CT molecular complexity index is 513. The molecule has 2 amide bonds. The van der Waals surface area contributed by atoms with Gasteiger partial charge in [0, 0.05) is 40.3 Å². The summed E-state index contributed by atoms with van der Waals surface area (Å²) in [5.74, 6) is 0.416. The van der Waals surface area contributed by atoms with Crippen molar-refractivity contribution in [1.82, 2.24) is 19.8 Å². The standard InChI is InChI=1S/C15H22N4O2/c1-11(20)19-6-4-5-12(10-19)7-13-8-17-14(9-16-13)15(21)18(2)3/h8-9,12H,4-7,10H2,1-3H3/t12-/m1/s1. The monoisotopic (exact) mass is 290 g/mol. The molecule has 1 saturated heterocycles. The fraction of sp³-hybridized carbons (Fsp3) is 0.600. The van der Waals surface area contributed by atoms with Crippen molar-refractivity contribution in [3.8, 4) is 0 Å². The third kappa shape index (κ3) is 4.00. The number of aromatic nitrogens is 2. The predicted octanol–water partition coefficient (Wildman–Crippen LogP) is 0.979. The van der Waals surface area contributed by atoms with E-state index in [-0.39, 0.29) is 11.8 Å². The van der Waals surface area contributed by atoms with Crippen molar-refractivity contribution in [1.29, 1.82) is 0 Å². The first-order valence-electron chi connectivity index (χ1n) is 7.25. The summed E-state index contributed by atoms with van der Waals surface area (Å²) in [5.41, 5.74) is 1.23. The third-order valence-corrected chi connectivity index (χ3v) is 3.79. The molecule has 114 valence electrons. The summed E-state index contributed by atoms with van der Waals surface area (Å²) in [6.45, 7) is 3.26. The van der Waals surface area contributed by atoms with Crippen LogP contribution in [0, 0.1) is 5.92 Å². The van der Waals surface area contributed by atoms with Gasteiger partial charge in [0.05, 0.1) is 11.9 Å². The summed E-state index contributed by atoms with van der Waals surface area (Å²) >= 11 is 0. The molecule has 0 saturated carbocycles. The molecular formula is C15H22N4O2. The van der Waals surface area contributed by atoms with Gasteiger partial charge in [0.1, 0.15) is 5.69 Å². The molecule has 21 heavy (non-hydrogen) atoms. The van der Waals surface area contributed by atoms with Gasteiger partial charge in [-0.3, -0.25) is 14.6 Å². The second-order valence-corrected chi connectivity index (χ2v) is 5.77. The third-order valence-electron chi connectivity index (χ3n) is 3.79. The van der Waals surface area contributed by atoms with Gasteiger partial charge < -0.3 is 9.80 Å². The van der Waals surface area contributed by atoms with Crippen LogP contribution in [-0.2, 0) is 11.2 Å². The summed E-state index contributed by atoms with van der Waals surface area (Å²) in [5, 5.41) is 0. The van der Waals surface area contributed by atoms with Crippen LogP contribution in [0.15, 0.2) is 12.4 Å². The Balaban J connectivity index is 1.97. The summed E-state index contributed by atoms with van der Waals surface area (Å²) in [6.07, 6.45) is 6.14. The molecule has 2 rings (SSSR count). The molecule has 0 unspecified atom stereocenters. The van der Waals surface area contributed by atoms with E-state index in [2.05, 4.69) is 9.97 Å². The average molecular weight is 290 g/mol. The molecule has 0 aliphatic carbocycles. The number of carbonyl (C=O) groups is 2. The summed E-state index contributed by atoms with van der Waals surface area (Å²) in [7, 11) is 3.38. The Hall–Kier alpha value is -1.98. The molecule has 2 heterocycles. The predicted molar refractivity (Wildman–Crippen MR) is 78.7 cm³/mol. The maximum absolute atomic E-state index is 11.7. The van der Waals surface area contributed by atoms with Crippen LogP contribution in [0.4, 0.5) is 0 Å². The first kappa shape index (κ1) is 15.4. The summed E-state index contributed by atoms with van der Waals surface area (Å²) < 4.78 is 0. The number of rotatable bonds is 3. The lowest BCUT2D eigenvalue weighted by atomic mass is 9.93. The lowest BCUT2D eigenvalue weighted by molar-refractivity contribution is -0.130. The zero-order chi connectivity index (χ0) is 15.4. The number of carbonyl (C=O) groups excluding carboxylic acids is 2. The highest BCUT2D eigenvalue weighted by Crippen LogP contribution is 2.20. The molecule has 1 aromatic rings. The van der Waals surface area contributed by atoms with E-state index >= 15 is 0 Å². The molecule has 1 aromatic heterocycles. The average Bonchev–Trinajstić information content (AvgIpc) is 2.47. The first-order valence-corrected chi connectivity index (χ1v) is 7.25. The number of nitrogens with zero attached hydrogens (tertiary/aromatic N) is 4. The number of hydrogen-bond acceptors (Lipinski definition) is 4. The van der Waals surface area contributed by atoms with E-state index in [1.807, 2.05) is 4.90 Å². The SMILES string of the molecule is CC(=O)N1CCC[C@H](Cc2cnc(C(=O)N(C)C)cn2)C1.